The molecule has 0 amide bonds. The summed E-state index contributed by atoms with van der Waals surface area (Å²) in [6.07, 6.45) is 2.27. The fourth-order valence-electron chi connectivity index (χ4n) is 2.51. The lowest BCUT2D eigenvalue weighted by molar-refractivity contribution is 0.421. The summed E-state index contributed by atoms with van der Waals surface area (Å²) in [6.45, 7) is 2.61. The minimum absolute atomic E-state index is 0.00176. The van der Waals surface area contributed by atoms with Gasteiger partial charge in [-0.05, 0) is 36.8 Å². The predicted molar refractivity (Wildman–Crippen MR) is 111 cm³/mol. The van der Waals surface area contributed by atoms with Crippen molar-refractivity contribution in [2.24, 2.45) is 4.99 Å². The molecule has 9 heteroatoms. The SMILES string of the molecule is CN=C(NCCc1noc(-c2ccccn2)n1)NC(C)c1ccc(Cl)c(Cl)c1. The molecule has 2 heterocycles. The zero-order valence-electron chi connectivity index (χ0n) is 15.5. The molecule has 146 valence electrons. The summed E-state index contributed by atoms with van der Waals surface area (Å²) in [5.74, 6) is 1.67. The van der Waals surface area contributed by atoms with Gasteiger partial charge in [-0.1, -0.05) is 40.5 Å². The lowest BCUT2D eigenvalue weighted by atomic mass is 10.1. The average Bonchev–Trinajstić information content (AvgIpc) is 3.18. The first kappa shape index (κ1) is 20.1. The monoisotopic (exact) mass is 418 g/mol. The summed E-state index contributed by atoms with van der Waals surface area (Å²) in [4.78, 5) is 12.8. The summed E-state index contributed by atoms with van der Waals surface area (Å²) in [7, 11) is 1.71. The number of benzene rings is 1. The Kier molecular flexibility index (Phi) is 6.84. The highest BCUT2D eigenvalue weighted by Crippen LogP contribution is 2.25. The highest BCUT2D eigenvalue weighted by molar-refractivity contribution is 6.42. The first-order valence-electron chi connectivity index (χ1n) is 8.73. The van der Waals surface area contributed by atoms with Gasteiger partial charge in [0, 0.05) is 26.2 Å². The van der Waals surface area contributed by atoms with Crippen molar-refractivity contribution in [1.82, 2.24) is 25.8 Å². The summed E-state index contributed by atoms with van der Waals surface area (Å²) < 4.78 is 5.26. The van der Waals surface area contributed by atoms with Gasteiger partial charge in [0.2, 0.25) is 0 Å². The molecule has 2 N–H and O–H groups in total. The van der Waals surface area contributed by atoms with Crippen molar-refractivity contribution < 1.29 is 4.52 Å². The van der Waals surface area contributed by atoms with E-state index in [-0.39, 0.29) is 6.04 Å². The third-order valence-corrected chi connectivity index (χ3v) is 4.75. The van der Waals surface area contributed by atoms with Crippen molar-refractivity contribution >= 4 is 29.2 Å². The molecule has 0 saturated carbocycles. The molecule has 0 aliphatic rings. The normalized spacial score (nSPS) is 12.6. The molecule has 0 aliphatic carbocycles. The zero-order valence-corrected chi connectivity index (χ0v) is 17.0. The van der Waals surface area contributed by atoms with Crippen LogP contribution in [0.5, 0.6) is 0 Å². The Hall–Kier alpha value is -2.64. The van der Waals surface area contributed by atoms with Gasteiger partial charge in [-0.15, -0.1) is 0 Å². The fourth-order valence-corrected chi connectivity index (χ4v) is 2.81. The first-order chi connectivity index (χ1) is 13.6. The molecule has 1 atom stereocenters. The van der Waals surface area contributed by atoms with E-state index >= 15 is 0 Å². The number of aliphatic imine (C=N–C) groups is 1. The number of guanidine groups is 1. The van der Waals surface area contributed by atoms with Crippen LogP contribution in [0.4, 0.5) is 0 Å². The standard InChI is InChI=1S/C19H20Cl2N6O/c1-12(13-6-7-14(20)15(21)11-13)25-19(22-2)24-10-8-17-26-18(28-27-17)16-5-3-4-9-23-16/h3-7,9,11-12H,8,10H2,1-2H3,(H2,22,24,25). The molecule has 2 aromatic heterocycles. The van der Waals surface area contributed by atoms with Crippen LogP contribution in [0.3, 0.4) is 0 Å². The number of rotatable bonds is 6. The number of halogens is 2. The van der Waals surface area contributed by atoms with Crippen molar-refractivity contribution in [2.75, 3.05) is 13.6 Å². The van der Waals surface area contributed by atoms with E-state index in [2.05, 4.69) is 30.8 Å². The van der Waals surface area contributed by atoms with Crippen molar-refractivity contribution in [2.45, 2.75) is 19.4 Å². The van der Waals surface area contributed by atoms with Crippen molar-refractivity contribution in [1.29, 1.82) is 0 Å². The Morgan fingerprint density at radius 2 is 2.07 bits per heavy atom. The maximum Gasteiger partial charge on any atom is 0.276 e. The van der Waals surface area contributed by atoms with Crippen LogP contribution in [-0.2, 0) is 6.42 Å². The van der Waals surface area contributed by atoms with E-state index in [1.54, 1.807) is 19.3 Å². The zero-order chi connectivity index (χ0) is 19.9. The summed E-state index contributed by atoms with van der Waals surface area (Å²) in [5, 5.41) is 11.6. The van der Waals surface area contributed by atoms with Crippen molar-refractivity contribution in [3.8, 4) is 11.6 Å². The molecule has 3 aromatic rings. The Labute approximate surface area is 173 Å². The molecule has 0 fully saturated rings. The van der Waals surface area contributed by atoms with E-state index in [0.29, 0.717) is 46.4 Å². The Balaban J connectivity index is 1.52. The van der Waals surface area contributed by atoms with Gasteiger partial charge in [0.15, 0.2) is 11.8 Å². The second-order valence-electron chi connectivity index (χ2n) is 6.02. The minimum atomic E-state index is 0.00176. The van der Waals surface area contributed by atoms with Gasteiger partial charge in [0.1, 0.15) is 5.69 Å². The number of pyridine rings is 1. The maximum absolute atomic E-state index is 6.09. The number of nitrogens with one attached hydrogen (secondary N) is 2. The van der Waals surface area contributed by atoms with Gasteiger partial charge in [0.05, 0.1) is 16.1 Å². The molecule has 28 heavy (non-hydrogen) atoms. The third kappa shape index (κ3) is 5.21. The largest absolute Gasteiger partial charge is 0.356 e. The number of aromatic nitrogens is 3. The molecule has 1 unspecified atom stereocenters. The minimum Gasteiger partial charge on any atom is -0.356 e. The van der Waals surface area contributed by atoms with Crippen LogP contribution in [-0.4, -0.2) is 34.7 Å². The molecular weight excluding hydrogens is 399 g/mol. The molecule has 1 aromatic carbocycles. The van der Waals surface area contributed by atoms with Crippen LogP contribution in [0.1, 0.15) is 24.4 Å². The van der Waals surface area contributed by atoms with E-state index in [9.17, 15) is 0 Å². The topological polar surface area (TPSA) is 88.2 Å². The quantitative estimate of drug-likeness (QED) is 0.465. The number of nitrogens with zero attached hydrogens (tertiary/aromatic N) is 4. The lowest BCUT2D eigenvalue weighted by Crippen LogP contribution is -2.39. The molecule has 0 radical (unpaired) electrons. The van der Waals surface area contributed by atoms with Crippen LogP contribution in [0, 0.1) is 0 Å². The third-order valence-electron chi connectivity index (χ3n) is 4.01. The summed E-state index contributed by atoms with van der Waals surface area (Å²) >= 11 is 12.1. The average molecular weight is 419 g/mol. The smallest absolute Gasteiger partial charge is 0.276 e. The van der Waals surface area contributed by atoms with E-state index in [4.69, 9.17) is 27.7 Å². The van der Waals surface area contributed by atoms with Crippen LogP contribution in [0.2, 0.25) is 10.0 Å². The highest BCUT2D eigenvalue weighted by Gasteiger charge is 2.11. The Morgan fingerprint density at radius 1 is 1.21 bits per heavy atom. The molecule has 0 spiro atoms. The summed E-state index contributed by atoms with van der Waals surface area (Å²) in [5.41, 5.74) is 1.66. The van der Waals surface area contributed by atoms with E-state index < -0.39 is 0 Å². The van der Waals surface area contributed by atoms with Gasteiger partial charge in [0.25, 0.3) is 5.89 Å². The highest BCUT2D eigenvalue weighted by atomic mass is 35.5. The van der Waals surface area contributed by atoms with E-state index in [1.807, 2.05) is 37.3 Å². The van der Waals surface area contributed by atoms with Gasteiger partial charge < -0.3 is 15.2 Å². The Morgan fingerprint density at radius 3 is 2.79 bits per heavy atom. The Bertz CT molecular complexity index is 945. The van der Waals surface area contributed by atoms with Crippen LogP contribution in [0.25, 0.3) is 11.6 Å². The van der Waals surface area contributed by atoms with Crippen LogP contribution in [0.15, 0.2) is 52.1 Å². The second kappa shape index (κ2) is 9.52. The molecule has 0 bridgehead atoms. The van der Waals surface area contributed by atoms with Crippen molar-refractivity contribution in [3.05, 3.63) is 64.0 Å². The van der Waals surface area contributed by atoms with Crippen LogP contribution < -0.4 is 10.6 Å². The lowest BCUT2D eigenvalue weighted by Gasteiger charge is -2.18. The molecule has 0 saturated heterocycles. The molecule has 7 nitrogen and oxygen atoms in total. The summed E-state index contributed by atoms with van der Waals surface area (Å²) in [6, 6.07) is 11.1. The van der Waals surface area contributed by atoms with E-state index in [0.717, 1.165) is 5.56 Å². The maximum atomic E-state index is 6.09. The number of hydrogen-bond acceptors (Lipinski definition) is 5. The van der Waals surface area contributed by atoms with Gasteiger partial charge in [-0.3, -0.25) is 9.98 Å². The van der Waals surface area contributed by atoms with Gasteiger partial charge in [-0.2, -0.15) is 4.98 Å². The molecule has 3 rings (SSSR count). The van der Waals surface area contributed by atoms with Crippen molar-refractivity contribution in [3.63, 3.8) is 0 Å². The predicted octanol–water partition coefficient (Wildman–Crippen LogP) is 3.91. The number of hydrogen-bond donors (Lipinski definition) is 2. The van der Waals surface area contributed by atoms with E-state index in [1.165, 1.54) is 0 Å². The van der Waals surface area contributed by atoms with Gasteiger partial charge in [-0.25, -0.2) is 0 Å². The van der Waals surface area contributed by atoms with Gasteiger partial charge >= 0.3 is 0 Å². The fraction of sp³-hybridized carbons (Fsp3) is 0.263. The molecular formula is C19H20Cl2N6O. The second-order valence-corrected chi connectivity index (χ2v) is 6.83. The first-order valence-corrected chi connectivity index (χ1v) is 9.48. The molecule has 0 aliphatic heterocycles. The van der Waals surface area contributed by atoms with Crippen LogP contribution >= 0.6 is 23.2 Å².